The lowest BCUT2D eigenvalue weighted by molar-refractivity contribution is -0.150. The number of nitrogens with one attached hydrogen (secondary N) is 2. The van der Waals surface area contributed by atoms with Crippen molar-refractivity contribution in [1.29, 1.82) is 0 Å². The molecule has 0 bridgehead atoms. The number of amides is 2. The average molecular weight is 691 g/mol. The fourth-order valence-corrected chi connectivity index (χ4v) is 7.98. The third kappa shape index (κ3) is 8.15. The fraction of sp³-hybridized carbons (Fsp3) is 0.649. The van der Waals surface area contributed by atoms with Crippen molar-refractivity contribution in [1.82, 2.24) is 20.2 Å². The minimum atomic E-state index is -0.564. The zero-order valence-corrected chi connectivity index (χ0v) is 29.9. The molecule has 2 aliphatic carbocycles. The first-order valence-corrected chi connectivity index (χ1v) is 18.6. The van der Waals surface area contributed by atoms with Crippen molar-refractivity contribution in [3.63, 3.8) is 0 Å². The van der Waals surface area contributed by atoms with E-state index in [1.807, 2.05) is 13.0 Å². The molecule has 50 heavy (non-hydrogen) atoms. The van der Waals surface area contributed by atoms with Crippen LogP contribution in [0.5, 0.6) is 5.75 Å². The van der Waals surface area contributed by atoms with Gasteiger partial charge in [0.2, 0.25) is 11.9 Å². The molecule has 6 rings (SSSR count). The van der Waals surface area contributed by atoms with E-state index in [0.717, 1.165) is 96.1 Å². The smallest absolute Gasteiger partial charge is 0.323 e. The highest BCUT2D eigenvalue weighted by Crippen LogP contribution is 2.40. The zero-order chi connectivity index (χ0) is 35.2. The third-order valence-corrected chi connectivity index (χ3v) is 10.9. The number of hydrogen-bond donors (Lipinski definition) is 3. The van der Waals surface area contributed by atoms with Gasteiger partial charge in [-0.05, 0) is 95.4 Å². The Morgan fingerprint density at radius 3 is 2.48 bits per heavy atom. The lowest BCUT2D eigenvalue weighted by Gasteiger charge is -2.43. The van der Waals surface area contributed by atoms with Crippen LogP contribution in [-0.4, -0.2) is 96.7 Å². The molecule has 2 amide bonds. The first-order valence-electron chi connectivity index (χ1n) is 18.6. The topological polar surface area (TPSA) is 155 Å². The highest BCUT2D eigenvalue weighted by atomic mass is 16.5. The lowest BCUT2D eigenvalue weighted by atomic mass is 10.0. The van der Waals surface area contributed by atoms with Crippen LogP contribution in [-0.2, 0) is 14.3 Å². The summed E-state index contributed by atoms with van der Waals surface area (Å²) in [6.07, 6.45) is 14.2. The van der Waals surface area contributed by atoms with Gasteiger partial charge in [0.15, 0.2) is 5.82 Å². The summed E-state index contributed by atoms with van der Waals surface area (Å²) in [5.41, 5.74) is 7.97. The van der Waals surface area contributed by atoms with Crippen LogP contribution in [0.25, 0.3) is 0 Å². The number of rotatable bonds is 13. The molecule has 2 saturated carbocycles. The molecule has 4 N–H and O–H groups in total. The number of carbonyl (C=O) groups is 3. The van der Waals surface area contributed by atoms with Gasteiger partial charge in [0.1, 0.15) is 29.6 Å². The number of carbonyl (C=O) groups excluding carboxylic acids is 3. The molecular weight excluding hydrogens is 636 g/mol. The number of aromatic nitrogens is 2. The van der Waals surface area contributed by atoms with E-state index in [4.69, 9.17) is 20.2 Å². The first kappa shape index (κ1) is 35.8. The van der Waals surface area contributed by atoms with Gasteiger partial charge in [-0.25, -0.2) is 4.98 Å². The number of benzene rings is 1. The number of anilines is 4. The number of hydrogen-bond acceptors (Lipinski definition) is 11. The Kier molecular flexibility index (Phi) is 11.7. The quantitative estimate of drug-likeness (QED) is 0.254. The van der Waals surface area contributed by atoms with Crippen LogP contribution in [0.1, 0.15) is 101 Å². The van der Waals surface area contributed by atoms with E-state index < -0.39 is 6.04 Å². The van der Waals surface area contributed by atoms with Gasteiger partial charge in [0, 0.05) is 37.8 Å². The van der Waals surface area contributed by atoms with Crippen LogP contribution in [0.15, 0.2) is 24.4 Å². The molecule has 3 heterocycles. The maximum Gasteiger partial charge on any atom is 0.323 e. The third-order valence-electron chi connectivity index (χ3n) is 10.9. The minimum absolute atomic E-state index is 0.0479. The summed E-state index contributed by atoms with van der Waals surface area (Å²) in [4.78, 5) is 54.6. The fourth-order valence-electron chi connectivity index (χ4n) is 7.98. The maximum absolute atomic E-state index is 13.3. The molecule has 2 aliphatic heterocycles. The minimum Gasteiger partial charge on any atom is -0.495 e. The number of fused-ring (bicyclic) bond motifs is 1. The second-order valence-corrected chi connectivity index (χ2v) is 14.3. The summed E-state index contributed by atoms with van der Waals surface area (Å²) in [6.45, 7) is 4.67. The highest BCUT2D eigenvalue weighted by Gasteiger charge is 2.41. The van der Waals surface area contributed by atoms with Crippen LogP contribution in [0.4, 0.5) is 23.1 Å². The Morgan fingerprint density at radius 1 is 1.06 bits per heavy atom. The van der Waals surface area contributed by atoms with Gasteiger partial charge in [0.05, 0.1) is 19.0 Å². The van der Waals surface area contributed by atoms with Crippen LogP contribution >= 0.6 is 0 Å². The normalized spacial score (nSPS) is 21.3. The predicted octanol–water partition coefficient (Wildman–Crippen LogP) is 4.52. The van der Waals surface area contributed by atoms with E-state index in [0.29, 0.717) is 41.5 Å². The molecule has 2 atom stereocenters. The van der Waals surface area contributed by atoms with Crippen molar-refractivity contribution >= 4 is 40.9 Å². The summed E-state index contributed by atoms with van der Waals surface area (Å²) >= 11 is 0. The molecule has 1 aromatic carbocycles. The number of likely N-dealkylation sites (N-methyl/N-ethyl adjacent to an activating group) is 1. The lowest BCUT2D eigenvalue weighted by Crippen LogP contribution is -2.55. The predicted molar refractivity (Wildman–Crippen MR) is 193 cm³/mol. The number of esters is 1. The van der Waals surface area contributed by atoms with E-state index in [-0.39, 0.29) is 42.0 Å². The van der Waals surface area contributed by atoms with Crippen LogP contribution in [0.3, 0.4) is 0 Å². The standard InChI is InChI=1S/C37H54N8O5/c1-4-30-35(47)43(2)31-23-39-37(42-33(31)45(30)26-10-5-6-11-26)41-29-16-15-24(22-32(29)49-3)34(46)40-25-17-20-44(21-18-25)19-9-14-28(38)36(48)50-27-12-7-8-13-27/h15-16,22-23,25-28,30H,4-14,17-21,38H2,1-3H3,(H,40,46)(H,39,41,42)/t28-,30+/m0/s1. The Labute approximate surface area is 295 Å². The molecule has 13 heteroatoms. The van der Waals surface area contributed by atoms with Crippen LogP contribution in [0, 0.1) is 0 Å². The van der Waals surface area contributed by atoms with Crippen molar-refractivity contribution in [2.24, 2.45) is 5.73 Å². The Hall–Kier alpha value is -3.97. The van der Waals surface area contributed by atoms with Gasteiger partial charge in [-0.1, -0.05) is 19.8 Å². The summed E-state index contributed by atoms with van der Waals surface area (Å²) < 4.78 is 11.2. The number of methoxy groups -OCH3 is 1. The average Bonchev–Trinajstić information content (AvgIpc) is 3.86. The summed E-state index contributed by atoms with van der Waals surface area (Å²) in [5.74, 6) is 1.34. The van der Waals surface area contributed by atoms with Crippen molar-refractivity contribution in [2.45, 2.75) is 121 Å². The second kappa shape index (κ2) is 16.4. The molecule has 0 unspecified atom stereocenters. The van der Waals surface area contributed by atoms with Gasteiger partial charge in [0.25, 0.3) is 5.91 Å². The van der Waals surface area contributed by atoms with Gasteiger partial charge in [-0.15, -0.1) is 0 Å². The van der Waals surface area contributed by atoms with Crippen molar-refractivity contribution in [3.05, 3.63) is 30.0 Å². The van der Waals surface area contributed by atoms with E-state index in [9.17, 15) is 14.4 Å². The molecule has 13 nitrogen and oxygen atoms in total. The number of piperidine rings is 1. The summed E-state index contributed by atoms with van der Waals surface area (Å²) in [6, 6.07) is 4.86. The Bertz CT molecular complexity index is 1500. The van der Waals surface area contributed by atoms with Crippen LogP contribution in [0.2, 0.25) is 0 Å². The monoisotopic (exact) mass is 690 g/mol. The van der Waals surface area contributed by atoms with Gasteiger partial charge in [-0.3, -0.25) is 14.4 Å². The Morgan fingerprint density at radius 2 is 1.78 bits per heavy atom. The van der Waals surface area contributed by atoms with E-state index in [2.05, 4.69) is 25.4 Å². The molecular formula is C37H54N8O5. The SMILES string of the molecule is CC[C@@H]1C(=O)N(C)c2cnc(Nc3ccc(C(=O)NC4CCN(CCC[C@H](N)C(=O)OC5CCCC5)CC4)cc3OC)nc2N1C1CCCC1. The molecule has 3 fully saturated rings. The maximum atomic E-state index is 13.3. The Balaban J connectivity index is 1.01. The van der Waals surface area contributed by atoms with Crippen molar-refractivity contribution < 1.29 is 23.9 Å². The highest BCUT2D eigenvalue weighted by molar-refractivity contribution is 6.04. The zero-order valence-electron chi connectivity index (χ0n) is 29.9. The second-order valence-electron chi connectivity index (χ2n) is 14.3. The number of nitrogens with zero attached hydrogens (tertiary/aromatic N) is 5. The molecule has 2 aromatic rings. The van der Waals surface area contributed by atoms with E-state index in [1.54, 1.807) is 37.4 Å². The van der Waals surface area contributed by atoms with E-state index in [1.165, 1.54) is 0 Å². The molecule has 1 aromatic heterocycles. The molecule has 0 radical (unpaired) electrons. The molecule has 1 saturated heterocycles. The van der Waals surface area contributed by atoms with E-state index >= 15 is 0 Å². The number of likely N-dealkylation sites (tertiary alicyclic amines) is 1. The van der Waals surface area contributed by atoms with Crippen molar-refractivity contribution in [3.8, 4) is 5.75 Å². The van der Waals surface area contributed by atoms with Crippen LogP contribution < -0.4 is 30.9 Å². The number of ether oxygens (including phenoxy) is 2. The van der Waals surface area contributed by atoms with Gasteiger partial charge < -0.3 is 40.5 Å². The largest absolute Gasteiger partial charge is 0.495 e. The van der Waals surface area contributed by atoms with Gasteiger partial charge in [-0.2, -0.15) is 4.98 Å². The number of nitrogens with two attached hydrogens (primary N) is 1. The summed E-state index contributed by atoms with van der Waals surface area (Å²) in [5, 5.41) is 6.49. The summed E-state index contributed by atoms with van der Waals surface area (Å²) in [7, 11) is 3.37. The molecule has 0 spiro atoms. The molecule has 272 valence electrons. The first-order chi connectivity index (χ1) is 24.2. The van der Waals surface area contributed by atoms with Gasteiger partial charge >= 0.3 is 5.97 Å². The van der Waals surface area contributed by atoms with Crippen molar-refractivity contribution in [2.75, 3.05) is 48.9 Å². The molecule has 4 aliphatic rings.